The van der Waals surface area contributed by atoms with Crippen LogP contribution in [0.25, 0.3) is 0 Å². The minimum absolute atomic E-state index is 0.167. The van der Waals surface area contributed by atoms with Crippen LogP contribution in [-0.4, -0.2) is 20.0 Å². The van der Waals surface area contributed by atoms with Crippen LogP contribution in [0.2, 0.25) is 0 Å². The van der Waals surface area contributed by atoms with Gasteiger partial charge in [0.05, 0.1) is 5.56 Å². The maximum atomic E-state index is 12.2. The molecule has 0 radical (unpaired) electrons. The monoisotopic (exact) mass is 350 g/mol. The second-order valence-corrected chi connectivity index (χ2v) is 5.95. The molecule has 0 aliphatic rings. The zero-order chi connectivity index (χ0) is 14.7. The van der Waals surface area contributed by atoms with Crippen molar-refractivity contribution in [2.24, 2.45) is 0 Å². The Bertz CT molecular complexity index is 626. The SMILES string of the molecule is CN(C)c1ccc(NC(=O)c2ccc(Br)cc2S)cc1. The van der Waals surface area contributed by atoms with Crippen molar-refractivity contribution in [1.29, 1.82) is 0 Å². The molecule has 0 atom stereocenters. The maximum absolute atomic E-state index is 12.2. The van der Waals surface area contributed by atoms with Gasteiger partial charge in [-0.3, -0.25) is 4.79 Å². The highest BCUT2D eigenvalue weighted by molar-refractivity contribution is 9.10. The Kier molecular flexibility index (Phi) is 4.73. The molecule has 0 saturated carbocycles. The Morgan fingerprint density at radius 3 is 2.35 bits per heavy atom. The van der Waals surface area contributed by atoms with Gasteiger partial charge in [-0.15, -0.1) is 12.6 Å². The summed E-state index contributed by atoms with van der Waals surface area (Å²) in [6, 6.07) is 13.0. The second kappa shape index (κ2) is 6.33. The molecule has 1 N–H and O–H groups in total. The van der Waals surface area contributed by atoms with E-state index in [9.17, 15) is 4.79 Å². The van der Waals surface area contributed by atoms with Crippen LogP contribution >= 0.6 is 28.6 Å². The molecule has 5 heteroatoms. The summed E-state index contributed by atoms with van der Waals surface area (Å²) in [4.78, 5) is 14.8. The molecule has 3 nitrogen and oxygen atoms in total. The molecule has 0 fully saturated rings. The van der Waals surface area contributed by atoms with Crippen molar-refractivity contribution in [3.8, 4) is 0 Å². The predicted octanol–water partition coefficient (Wildman–Crippen LogP) is 4.06. The Morgan fingerprint density at radius 2 is 1.80 bits per heavy atom. The number of carbonyl (C=O) groups excluding carboxylic acids is 1. The van der Waals surface area contributed by atoms with Gasteiger partial charge in [-0.05, 0) is 42.5 Å². The van der Waals surface area contributed by atoms with Crippen molar-refractivity contribution in [2.45, 2.75) is 4.90 Å². The quantitative estimate of drug-likeness (QED) is 0.818. The Hall–Kier alpha value is -1.46. The molecule has 0 spiro atoms. The number of anilines is 2. The lowest BCUT2D eigenvalue weighted by atomic mass is 10.2. The summed E-state index contributed by atoms with van der Waals surface area (Å²) in [6.07, 6.45) is 0. The van der Waals surface area contributed by atoms with Crippen molar-refractivity contribution >= 4 is 45.8 Å². The van der Waals surface area contributed by atoms with E-state index in [1.165, 1.54) is 0 Å². The smallest absolute Gasteiger partial charge is 0.256 e. The van der Waals surface area contributed by atoms with Crippen molar-refractivity contribution < 1.29 is 4.79 Å². The first-order valence-electron chi connectivity index (χ1n) is 6.04. The predicted molar refractivity (Wildman–Crippen MR) is 90.1 cm³/mol. The molecule has 104 valence electrons. The number of halogens is 1. The average molecular weight is 351 g/mol. The highest BCUT2D eigenvalue weighted by Crippen LogP contribution is 2.22. The van der Waals surface area contributed by atoms with Crippen LogP contribution < -0.4 is 10.2 Å². The van der Waals surface area contributed by atoms with Gasteiger partial charge in [0.1, 0.15) is 0 Å². The molecule has 0 saturated heterocycles. The summed E-state index contributed by atoms with van der Waals surface area (Å²) in [5.41, 5.74) is 2.39. The fraction of sp³-hybridized carbons (Fsp3) is 0.133. The summed E-state index contributed by atoms with van der Waals surface area (Å²) in [5, 5.41) is 2.86. The summed E-state index contributed by atoms with van der Waals surface area (Å²) < 4.78 is 0.898. The van der Waals surface area contributed by atoms with Gasteiger partial charge in [0.2, 0.25) is 0 Å². The number of nitrogens with one attached hydrogen (secondary N) is 1. The van der Waals surface area contributed by atoms with E-state index in [0.717, 1.165) is 15.8 Å². The number of nitrogens with zero attached hydrogens (tertiary/aromatic N) is 1. The molecule has 0 aliphatic carbocycles. The van der Waals surface area contributed by atoms with Gasteiger partial charge in [-0.25, -0.2) is 0 Å². The fourth-order valence-corrected chi connectivity index (χ4v) is 2.59. The molecule has 0 unspecified atom stereocenters. The maximum Gasteiger partial charge on any atom is 0.256 e. The third-order valence-electron chi connectivity index (χ3n) is 2.85. The van der Waals surface area contributed by atoms with Crippen molar-refractivity contribution in [3.05, 3.63) is 52.5 Å². The first-order valence-corrected chi connectivity index (χ1v) is 7.28. The Labute approximate surface area is 132 Å². The molecular formula is C15H15BrN2OS. The lowest BCUT2D eigenvalue weighted by molar-refractivity contribution is 0.102. The summed E-state index contributed by atoms with van der Waals surface area (Å²) >= 11 is 7.67. The van der Waals surface area contributed by atoms with E-state index < -0.39 is 0 Å². The van der Waals surface area contributed by atoms with Gasteiger partial charge in [0.15, 0.2) is 0 Å². The number of amides is 1. The van der Waals surface area contributed by atoms with Crippen LogP contribution in [0.5, 0.6) is 0 Å². The number of rotatable bonds is 3. The largest absolute Gasteiger partial charge is 0.378 e. The zero-order valence-corrected chi connectivity index (χ0v) is 13.7. The third kappa shape index (κ3) is 3.55. The number of thiol groups is 1. The molecule has 2 aromatic rings. The topological polar surface area (TPSA) is 32.3 Å². The Morgan fingerprint density at radius 1 is 1.15 bits per heavy atom. The molecule has 1 amide bonds. The molecule has 2 rings (SSSR count). The highest BCUT2D eigenvalue weighted by atomic mass is 79.9. The zero-order valence-electron chi connectivity index (χ0n) is 11.2. The minimum Gasteiger partial charge on any atom is -0.378 e. The first-order chi connectivity index (χ1) is 9.47. The molecule has 0 aromatic heterocycles. The van der Waals surface area contributed by atoms with E-state index in [0.29, 0.717) is 10.5 Å². The van der Waals surface area contributed by atoms with Gasteiger partial charge in [-0.1, -0.05) is 15.9 Å². The third-order valence-corrected chi connectivity index (χ3v) is 3.71. The van der Waals surface area contributed by atoms with Crippen LogP contribution in [0.15, 0.2) is 51.8 Å². The second-order valence-electron chi connectivity index (χ2n) is 4.56. The lowest BCUT2D eigenvalue weighted by Gasteiger charge is -2.13. The lowest BCUT2D eigenvalue weighted by Crippen LogP contribution is -2.13. The van der Waals surface area contributed by atoms with E-state index in [1.54, 1.807) is 12.1 Å². The van der Waals surface area contributed by atoms with Crippen LogP contribution in [-0.2, 0) is 0 Å². The van der Waals surface area contributed by atoms with Gasteiger partial charge in [0.25, 0.3) is 5.91 Å². The number of hydrogen-bond donors (Lipinski definition) is 2. The van der Waals surface area contributed by atoms with E-state index in [2.05, 4.69) is 33.9 Å². The van der Waals surface area contributed by atoms with E-state index in [4.69, 9.17) is 0 Å². The molecule has 0 heterocycles. The number of benzene rings is 2. The average Bonchev–Trinajstić information content (AvgIpc) is 2.39. The first kappa shape index (κ1) is 14.9. The van der Waals surface area contributed by atoms with Gasteiger partial charge >= 0.3 is 0 Å². The van der Waals surface area contributed by atoms with Crippen molar-refractivity contribution in [1.82, 2.24) is 0 Å². The van der Waals surface area contributed by atoms with E-state index >= 15 is 0 Å². The van der Waals surface area contributed by atoms with Gasteiger partial charge in [-0.2, -0.15) is 0 Å². The summed E-state index contributed by atoms with van der Waals surface area (Å²) in [5.74, 6) is -0.167. The highest BCUT2D eigenvalue weighted by Gasteiger charge is 2.10. The van der Waals surface area contributed by atoms with Crippen molar-refractivity contribution in [3.63, 3.8) is 0 Å². The molecular weight excluding hydrogens is 336 g/mol. The molecule has 20 heavy (non-hydrogen) atoms. The van der Waals surface area contributed by atoms with Crippen LogP contribution in [0.1, 0.15) is 10.4 Å². The number of carbonyl (C=O) groups is 1. The van der Waals surface area contributed by atoms with Gasteiger partial charge in [0, 0.05) is 34.8 Å². The van der Waals surface area contributed by atoms with Gasteiger partial charge < -0.3 is 10.2 Å². The van der Waals surface area contributed by atoms with E-state index in [-0.39, 0.29) is 5.91 Å². The fourth-order valence-electron chi connectivity index (χ4n) is 1.74. The standard InChI is InChI=1S/C15H15BrN2OS/c1-18(2)12-6-4-11(5-7-12)17-15(19)13-8-3-10(16)9-14(13)20/h3-9,20H,1-2H3,(H,17,19). The minimum atomic E-state index is -0.167. The summed E-state index contributed by atoms with van der Waals surface area (Å²) in [7, 11) is 3.95. The normalized spacial score (nSPS) is 10.2. The van der Waals surface area contributed by atoms with Crippen LogP contribution in [0.4, 0.5) is 11.4 Å². The number of hydrogen-bond acceptors (Lipinski definition) is 3. The van der Waals surface area contributed by atoms with Crippen molar-refractivity contribution in [2.75, 3.05) is 24.3 Å². The Balaban J connectivity index is 2.15. The molecule has 0 aliphatic heterocycles. The summed E-state index contributed by atoms with van der Waals surface area (Å²) in [6.45, 7) is 0. The molecule has 2 aromatic carbocycles. The molecule has 0 bridgehead atoms. The van der Waals surface area contributed by atoms with Crippen LogP contribution in [0.3, 0.4) is 0 Å². The van der Waals surface area contributed by atoms with Crippen LogP contribution in [0, 0.1) is 0 Å². The van der Waals surface area contributed by atoms with E-state index in [1.807, 2.05) is 49.3 Å².